The molecule has 1 aromatic carbocycles. The van der Waals surface area contributed by atoms with Crippen LogP contribution in [0.5, 0.6) is 0 Å². The van der Waals surface area contributed by atoms with E-state index in [4.69, 9.17) is 4.74 Å². The van der Waals surface area contributed by atoms with Crippen LogP contribution in [0.25, 0.3) is 0 Å². The molecule has 0 amide bonds. The zero-order valence-corrected chi connectivity index (χ0v) is 13.4. The van der Waals surface area contributed by atoms with Crippen LogP contribution in [0.4, 0.5) is 0 Å². The molecule has 0 aromatic heterocycles. The van der Waals surface area contributed by atoms with E-state index in [2.05, 4.69) is 19.2 Å². The number of ether oxygens (including phenoxy) is 1. The lowest BCUT2D eigenvalue weighted by Gasteiger charge is -2.21. The normalized spacial score (nSPS) is 17.5. The van der Waals surface area contributed by atoms with E-state index >= 15 is 0 Å². The summed E-state index contributed by atoms with van der Waals surface area (Å²) in [5.74, 6) is 0.489. The van der Waals surface area contributed by atoms with Gasteiger partial charge in [-0.25, -0.2) is 0 Å². The molecule has 1 aliphatic rings. The minimum Gasteiger partial charge on any atom is -0.461 e. The van der Waals surface area contributed by atoms with E-state index < -0.39 is 0 Å². The average molecular weight is 289 g/mol. The van der Waals surface area contributed by atoms with Gasteiger partial charge in [0.2, 0.25) is 0 Å². The Morgan fingerprint density at radius 2 is 1.90 bits per heavy atom. The fraction of sp³-hybridized carbons (Fsp3) is 0.611. The number of carbonyl (C=O) groups excluding carboxylic acids is 1. The van der Waals surface area contributed by atoms with E-state index in [-0.39, 0.29) is 11.9 Å². The third kappa shape index (κ3) is 4.57. The summed E-state index contributed by atoms with van der Waals surface area (Å²) in [6.07, 6.45) is 2.62. The highest BCUT2D eigenvalue weighted by molar-refractivity contribution is 5.72. The van der Waals surface area contributed by atoms with Gasteiger partial charge in [-0.1, -0.05) is 51.1 Å². The predicted molar refractivity (Wildman–Crippen MR) is 84.8 cm³/mol. The Kier molecular flexibility index (Phi) is 5.40. The maximum absolute atomic E-state index is 12.0. The van der Waals surface area contributed by atoms with Crippen LogP contribution in [0.2, 0.25) is 0 Å². The summed E-state index contributed by atoms with van der Waals surface area (Å²) in [7, 11) is 0. The quantitative estimate of drug-likeness (QED) is 0.746. The summed E-state index contributed by atoms with van der Waals surface area (Å²) in [6, 6.07) is 9.80. The first-order valence-corrected chi connectivity index (χ1v) is 7.95. The van der Waals surface area contributed by atoms with Crippen molar-refractivity contribution < 1.29 is 9.53 Å². The van der Waals surface area contributed by atoms with E-state index in [0.717, 1.165) is 12.1 Å². The Labute approximate surface area is 128 Å². The summed E-state index contributed by atoms with van der Waals surface area (Å²) in [5, 5.41) is 3.45. The lowest BCUT2D eigenvalue weighted by Crippen LogP contribution is -2.33. The largest absolute Gasteiger partial charge is 0.461 e. The van der Waals surface area contributed by atoms with E-state index in [1.807, 2.05) is 37.3 Å². The first-order valence-electron chi connectivity index (χ1n) is 7.95. The first-order chi connectivity index (χ1) is 10.0. The summed E-state index contributed by atoms with van der Waals surface area (Å²) in [4.78, 5) is 12.0. The topological polar surface area (TPSA) is 38.3 Å². The van der Waals surface area contributed by atoms with Crippen molar-refractivity contribution >= 4 is 5.97 Å². The van der Waals surface area contributed by atoms with Crippen LogP contribution in [-0.4, -0.2) is 19.1 Å². The Morgan fingerprint density at radius 3 is 2.48 bits per heavy atom. The molecule has 2 rings (SSSR count). The van der Waals surface area contributed by atoms with Crippen LogP contribution in [0.3, 0.4) is 0 Å². The summed E-state index contributed by atoms with van der Waals surface area (Å²) in [5.41, 5.74) is 1.51. The van der Waals surface area contributed by atoms with Crippen LogP contribution in [0, 0.1) is 17.3 Å². The SMILES string of the molecule is CC(CNCC1(C(C)C)CC1)C(=O)OCc1ccccc1. The molecule has 1 aromatic rings. The van der Waals surface area contributed by atoms with Crippen molar-refractivity contribution in [3.63, 3.8) is 0 Å². The molecule has 0 heterocycles. The number of hydrogen-bond acceptors (Lipinski definition) is 3. The van der Waals surface area contributed by atoms with Crippen molar-refractivity contribution in [3.05, 3.63) is 35.9 Å². The standard InChI is InChI=1S/C18H27NO2/c1-14(2)18(9-10-18)13-19-11-15(3)17(20)21-12-16-7-5-4-6-8-16/h4-8,14-15,19H,9-13H2,1-3H3. The number of hydrogen-bond donors (Lipinski definition) is 1. The van der Waals surface area contributed by atoms with Gasteiger partial charge in [0.1, 0.15) is 6.61 Å². The van der Waals surface area contributed by atoms with Crippen LogP contribution in [0.15, 0.2) is 30.3 Å². The molecule has 0 saturated heterocycles. The highest BCUT2D eigenvalue weighted by Gasteiger charge is 2.44. The fourth-order valence-corrected chi connectivity index (χ4v) is 2.61. The van der Waals surface area contributed by atoms with Crippen molar-refractivity contribution in [1.29, 1.82) is 0 Å². The van der Waals surface area contributed by atoms with Gasteiger partial charge in [0.25, 0.3) is 0 Å². The molecular weight excluding hydrogens is 262 g/mol. The molecule has 0 spiro atoms. The number of carbonyl (C=O) groups is 1. The zero-order chi connectivity index (χ0) is 15.3. The Bertz CT molecular complexity index is 452. The van der Waals surface area contributed by atoms with Crippen molar-refractivity contribution in [2.75, 3.05) is 13.1 Å². The third-order valence-corrected chi connectivity index (χ3v) is 4.67. The highest BCUT2D eigenvalue weighted by atomic mass is 16.5. The number of benzene rings is 1. The lowest BCUT2D eigenvalue weighted by molar-refractivity contribution is -0.149. The van der Waals surface area contributed by atoms with E-state index in [0.29, 0.717) is 24.5 Å². The van der Waals surface area contributed by atoms with Gasteiger partial charge in [0.15, 0.2) is 0 Å². The van der Waals surface area contributed by atoms with Gasteiger partial charge in [-0.05, 0) is 29.7 Å². The van der Waals surface area contributed by atoms with Gasteiger partial charge in [-0.2, -0.15) is 0 Å². The fourth-order valence-electron chi connectivity index (χ4n) is 2.61. The van der Waals surface area contributed by atoms with Gasteiger partial charge >= 0.3 is 5.97 Å². The van der Waals surface area contributed by atoms with Crippen LogP contribution in [-0.2, 0) is 16.1 Å². The lowest BCUT2D eigenvalue weighted by atomic mass is 9.92. The molecule has 0 radical (unpaired) electrons. The summed E-state index contributed by atoms with van der Waals surface area (Å²) < 4.78 is 5.36. The van der Waals surface area contributed by atoms with Gasteiger partial charge in [-0.3, -0.25) is 4.79 Å². The molecule has 1 N–H and O–H groups in total. The highest BCUT2D eigenvalue weighted by Crippen LogP contribution is 2.51. The number of esters is 1. The second kappa shape index (κ2) is 7.08. The molecule has 116 valence electrons. The van der Waals surface area contributed by atoms with Gasteiger partial charge in [-0.15, -0.1) is 0 Å². The molecule has 3 heteroatoms. The second-order valence-corrected chi connectivity index (χ2v) is 6.64. The molecule has 0 aliphatic heterocycles. The maximum atomic E-state index is 12.0. The van der Waals surface area contributed by atoms with Crippen LogP contribution < -0.4 is 5.32 Å². The minimum atomic E-state index is -0.124. The van der Waals surface area contributed by atoms with Crippen molar-refractivity contribution in [2.45, 2.75) is 40.2 Å². The maximum Gasteiger partial charge on any atom is 0.310 e. The van der Waals surface area contributed by atoms with Gasteiger partial charge in [0, 0.05) is 13.1 Å². The Balaban J connectivity index is 1.66. The summed E-state index contributed by atoms with van der Waals surface area (Å²) in [6.45, 7) is 8.57. The van der Waals surface area contributed by atoms with E-state index in [9.17, 15) is 4.79 Å². The van der Waals surface area contributed by atoms with Gasteiger partial charge < -0.3 is 10.1 Å². The van der Waals surface area contributed by atoms with Crippen molar-refractivity contribution in [1.82, 2.24) is 5.32 Å². The minimum absolute atomic E-state index is 0.100. The molecule has 0 bridgehead atoms. The molecular formula is C18H27NO2. The Morgan fingerprint density at radius 1 is 1.24 bits per heavy atom. The van der Waals surface area contributed by atoms with E-state index in [1.54, 1.807) is 0 Å². The molecule has 3 nitrogen and oxygen atoms in total. The van der Waals surface area contributed by atoms with Crippen LogP contribution in [0.1, 0.15) is 39.2 Å². The molecule has 1 aliphatic carbocycles. The molecule has 1 unspecified atom stereocenters. The average Bonchev–Trinajstić information content (AvgIpc) is 3.27. The molecule has 1 fully saturated rings. The second-order valence-electron chi connectivity index (χ2n) is 6.64. The molecule has 1 saturated carbocycles. The first kappa shape index (κ1) is 16.0. The number of rotatable bonds is 8. The van der Waals surface area contributed by atoms with Crippen LogP contribution >= 0.6 is 0 Å². The monoisotopic (exact) mass is 289 g/mol. The number of nitrogens with one attached hydrogen (secondary N) is 1. The van der Waals surface area contributed by atoms with Crippen molar-refractivity contribution in [3.8, 4) is 0 Å². The third-order valence-electron chi connectivity index (χ3n) is 4.67. The van der Waals surface area contributed by atoms with Gasteiger partial charge in [0.05, 0.1) is 5.92 Å². The Hall–Kier alpha value is -1.35. The van der Waals surface area contributed by atoms with E-state index in [1.165, 1.54) is 12.8 Å². The predicted octanol–water partition coefficient (Wildman–Crippen LogP) is 3.39. The van der Waals surface area contributed by atoms with Crippen molar-refractivity contribution in [2.24, 2.45) is 17.3 Å². The molecule has 1 atom stereocenters. The summed E-state index contributed by atoms with van der Waals surface area (Å²) >= 11 is 0. The molecule has 21 heavy (non-hydrogen) atoms. The zero-order valence-electron chi connectivity index (χ0n) is 13.4. The smallest absolute Gasteiger partial charge is 0.310 e.